The lowest BCUT2D eigenvalue weighted by Crippen LogP contribution is -2.71. The Kier molecular flexibility index (Phi) is 6.74. The van der Waals surface area contributed by atoms with E-state index < -0.39 is 96.6 Å². The van der Waals surface area contributed by atoms with Gasteiger partial charge in [-0.05, 0) is 31.1 Å². The summed E-state index contributed by atoms with van der Waals surface area (Å²) in [5.41, 5.74) is -2.03. The summed E-state index contributed by atoms with van der Waals surface area (Å²) in [5.74, 6) is -45.9. The first-order valence-electron chi connectivity index (χ1n) is 9.18. The third-order valence-electron chi connectivity index (χ3n) is 6.06. The van der Waals surface area contributed by atoms with Crippen molar-refractivity contribution in [2.24, 2.45) is 17.8 Å². The highest BCUT2D eigenvalue weighted by molar-refractivity contribution is 5.89. The summed E-state index contributed by atoms with van der Waals surface area (Å²) >= 11 is 0. The maximum Gasteiger partial charge on any atom is 0.460 e. The van der Waals surface area contributed by atoms with E-state index >= 15 is 0 Å². The van der Waals surface area contributed by atoms with E-state index in [0.29, 0.717) is 0 Å². The summed E-state index contributed by atoms with van der Waals surface area (Å²) in [4.78, 5) is 11.4. The normalized spacial score (nSPS) is 26.7. The van der Waals surface area contributed by atoms with Crippen molar-refractivity contribution in [3.05, 3.63) is 12.2 Å². The van der Waals surface area contributed by atoms with Crippen LogP contribution in [-0.2, 0) is 9.53 Å². The van der Waals surface area contributed by atoms with Gasteiger partial charge in [-0.15, -0.1) is 0 Å². The van der Waals surface area contributed by atoms with E-state index in [-0.39, 0.29) is 0 Å². The Morgan fingerprint density at radius 3 is 1.46 bits per heavy atom. The van der Waals surface area contributed by atoms with Crippen molar-refractivity contribution in [1.82, 2.24) is 0 Å². The van der Waals surface area contributed by atoms with Crippen LogP contribution in [0.25, 0.3) is 0 Å². The molecule has 2 bridgehead atoms. The van der Waals surface area contributed by atoms with Crippen molar-refractivity contribution in [3.8, 4) is 0 Å². The fourth-order valence-corrected chi connectivity index (χ4v) is 4.15. The number of fused-ring (bicyclic) bond motifs is 2. The zero-order valence-corrected chi connectivity index (χ0v) is 16.5. The molecule has 0 aromatic carbocycles. The first-order chi connectivity index (χ1) is 15.2. The highest BCUT2D eigenvalue weighted by atomic mass is 19.4. The highest BCUT2D eigenvalue weighted by Gasteiger charge is 2.91. The van der Waals surface area contributed by atoms with Crippen LogP contribution in [0.4, 0.5) is 70.2 Å². The minimum absolute atomic E-state index is 0.659. The van der Waals surface area contributed by atoms with Gasteiger partial charge in [-0.25, -0.2) is 4.79 Å². The molecule has 0 radical (unpaired) electrons. The lowest BCUT2D eigenvalue weighted by atomic mass is 9.78. The van der Waals surface area contributed by atoms with Crippen LogP contribution < -0.4 is 0 Å². The maximum absolute atomic E-state index is 14.4. The number of alkyl halides is 16. The van der Waals surface area contributed by atoms with Crippen LogP contribution in [0.5, 0.6) is 0 Å². The molecule has 2 aliphatic carbocycles. The number of carbonyl (C=O) groups excluding carboxylic acids is 1. The molecule has 18 heteroatoms. The monoisotopic (exact) mass is 552 g/mol. The van der Waals surface area contributed by atoms with Gasteiger partial charge in [0.25, 0.3) is 0 Å². The molecule has 4 unspecified atom stereocenters. The van der Waals surface area contributed by atoms with E-state index in [1.165, 1.54) is 0 Å². The van der Waals surface area contributed by atoms with E-state index in [1.807, 2.05) is 0 Å². The molecule has 204 valence electrons. The summed E-state index contributed by atoms with van der Waals surface area (Å²) in [6, 6.07) is 0. The standard InChI is InChI=1S/C17H12F16O2/c1-5(12(20,21)22)10(34)35-9-4-6-2-7(9)3-8(6)11(18,19)13(23,24)14(25,26)15(27,28)16(29,30)17(31,32)33/h6-9H,1-4H2. The van der Waals surface area contributed by atoms with Gasteiger partial charge in [0.05, 0.1) is 0 Å². The molecule has 0 saturated heterocycles. The lowest BCUT2D eigenvalue weighted by Gasteiger charge is -2.43. The van der Waals surface area contributed by atoms with E-state index in [2.05, 4.69) is 11.3 Å². The van der Waals surface area contributed by atoms with Crippen molar-refractivity contribution in [2.75, 3.05) is 0 Å². The van der Waals surface area contributed by atoms with Crippen LogP contribution in [-0.4, -0.2) is 54.0 Å². The van der Waals surface area contributed by atoms with E-state index in [9.17, 15) is 75.0 Å². The van der Waals surface area contributed by atoms with Gasteiger partial charge in [-0.2, -0.15) is 70.2 Å². The number of hydrogen-bond donors (Lipinski definition) is 0. The van der Waals surface area contributed by atoms with Crippen LogP contribution in [0.15, 0.2) is 12.2 Å². The van der Waals surface area contributed by atoms with Crippen LogP contribution >= 0.6 is 0 Å². The largest absolute Gasteiger partial charge is 0.460 e. The van der Waals surface area contributed by atoms with Crippen molar-refractivity contribution in [1.29, 1.82) is 0 Å². The Hall–Kier alpha value is -1.91. The molecule has 2 saturated carbocycles. The summed E-state index contributed by atoms with van der Waals surface area (Å²) < 4.78 is 215. The van der Waals surface area contributed by atoms with Crippen LogP contribution in [0, 0.1) is 17.8 Å². The van der Waals surface area contributed by atoms with Crippen LogP contribution in [0.3, 0.4) is 0 Å². The molecule has 4 atom stereocenters. The van der Waals surface area contributed by atoms with Gasteiger partial charge >= 0.3 is 47.9 Å². The van der Waals surface area contributed by atoms with Crippen molar-refractivity contribution in [2.45, 2.75) is 67.3 Å². The average molecular weight is 552 g/mol. The van der Waals surface area contributed by atoms with Crippen molar-refractivity contribution < 1.29 is 79.8 Å². The molecule has 0 heterocycles. The van der Waals surface area contributed by atoms with Gasteiger partial charge in [0.2, 0.25) is 0 Å². The van der Waals surface area contributed by atoms with Gasteiger partial charge in [0.1, 0.15) is 11.7 Å². The summed E-state index contributed by atoms with van der Waals surface area (Å²) in [7, 11) is 0. The van der Waals surface area contributed by atoms with Crippen molar-refractivity contribution in [3.63, 3.8) is 0 Å². The Balaban J connectivity index is 2.28. The van der Waals surface area contributed by atoms with Gasteiger partial charge in [-0.3, -0.25) is 0 Å². The molecular weight excluding hydrogens is 540 g/mol. The molecular formula is C17H12F16O2. The van der Waals surface area contributed by atoms with Crippen LogP contribution in [0.1, 0.15) is 19.3 Å². The number of halogens is 16. The average Bonchev–Trinajstić information content (AvgIpc) is 3.25. The minimum atomic E-state index is -8.02. The molecule has 0 aliphatic heterocycles. The maximum atomic E-state index is 14.4. The topological polar surface area (TPSA) is 26.3 Å². The Morgan fingerprint density at radius 2 is 1.09 bits per heavy atom. The fraction of sp³-hybridized carbons (Fsp3) is 0.824. The predicted molar refractivity (Wildman–Crippen MR) is 80.2 cm³/mol. The molecule has 0 aromatic heterocycles. The summed E-state index contributed by atoms with van der Waals surface area (Å²) in [6.07, 6.45) is -17.3. The Bertz CT molecular complexity index is 855. The molecule has 0 N–H and O–H groups in total. The molecule has 2 rings (SSSR count). The zero-order chi connectivity index (χ0) is 27.8. The quantitative estimate of drug-likeness (QED) is 0.197. The summed E-state index contributed by atoms with van der Waals surface area (Å²) in [6.45, 7) is 2.39. The molecule has 0 amide bonds. The second kappa shape index (κ2) is 8.05. The van der Waals surface area contributed by atoms with Gasteiger partial charge in [0.15, 0.2) is 0 Å². The zero-order valence-electron chi connectivity index (χ0n) is 16.5. The van der Waals surface area contributed by atoms with E-state index in [1.54, 1.807) is 0 Å². The predicted octanol–water partition coefficient (Wildman–Crippen LogP) is 6.80. The summed E-state index contributed by atoms with van der Waals surface area (Å²) in [5, 5.41) is 0. The van der Waals surface area contributed by atoms with Gasteiger partial charge in [0, 0.05) is 5.92 Å². The Morgan fingerprint density at radius 1 is 0.629 bits per heavy atom. The Labute approximate surface area is 184 Å². The molecule has 35 heavy (non-hydrogen) atoms. The third-order valence-corrected chi connectivity index (χ3v) is 6.06. The molecule has 2 aliphatic rings. The number of carbonyl (C=O) groups is 1. The first-order valence-corrected chi connectivity index (χ1v) is 9.18. The third kappa shape index (κ3) is 4.21. The molecule has 2 fully saturated rings. The second-order valence-corrected chi connectivity index (χ2v) is 8.17. The number of esters is 1. The minimum Gasteiger partial charge on any atom is -0.458 e. The molecule has 0 aromatic rings. The second-order valence-electron chi connectivity index (χ2n) is 8.17. The van der Waals surface area contributed by atoms with Crippen LogP contribution in [0.2, 0.25) is 0 Å². The fourth-order valence-electron chi connectivity index (χ4n) is 4.15. The molecule has 0 spiro atoms. The lowest BCUT2D eigenvalue weighted by molar-refractivity contribution is -0.444. The van der Waals surface area contributed by atoms with Gasteiger partial charge < -0.3 is 4.74 Å². The van der Waals surface area contributed by atoms with Crippen molar-refractivity contribution >= 4 is 5.97 Å². The molecule has 2 nitrogen and oxygen atoms in total. The smallest absolute Gasteiger partial charge is 0.458 e. The highest BCUT2D eigenvalue weighted by Crippen LogP contribution is 2.65. The van der Waals surface area contributed by atoms with Gasteiger partial charge in [-0.1, -0.05) is 6.58 Å². The first kappa shape index (κ1) is 29.3. The number of ether oxygens (including phenoxy) is 1. The van der Waals surface area contributed by atoms with E-state index in [0.717, 1.165) is 0 Å². The SMILES string of the molecule is C=C(C(=O)OC1CC2CC1CC2C(F)(F)C(F)(F)C(F)(F)C(F)(F)C(F)(F)C(F)(F)F)C(F)(F)F. The van der Waals surface area contributed by atoms with E-state index in [4.69, 9.17) is 0 Å². The number of rotatable bonds is 7. The number of hydrogen-bond acceptors (Lipinski definition) is 2.